The maximum atomic E-state index is 12.7. The van der Waals surface area contributed by atoms with E-state index in [1.165, 1.54) is 0 Å². The molecule has 4 atom stereocenters. The van der Waals surface area contributed by atoms with Crippen molar-refractivity contribution in [2.24, 2.45) is 11.8 Å². The lowest BCUT2D eigenvalue weighted by Crippen LogP contribution is -2.57. The molecule has 2 fully saturated rings. The summed E-state index contributed by atoms with van der Waals surface area (Å²) in [5.41, 5.74) is 1.43. The molecule has 5 nitrogen and oxygen atoms in total. The van der Waals surface area contributed by atoms with Crippen molar-refractivity contribution in [2.45, 2.75) is 39.3 Å². The van der Waals surface area contributed by atoms with Gasteiger partial charge in [0.15, 0.2) is 0 Å². The second kappa shape index (κ2) is 7.53. The summed E-state index contributed by atoms with van der Waals surface area (Å²) in [7, 11) is 0. The number of anilines is 1. The SMILES string of the molecule is CC1CC1C(=O)Nc1ccc(C(=O)N2CCNC(C)C2C)cc1.Cl. The third kappa shape index (κ3) is 3.90. The Kier molecular flexibility index (Phi) is 5.88. The van der Waals surface area contributed by atoms with E-state index in [0.717, 1.165) is 25.2 Å². The summed E-state index contributed by atoms with van der Waals surface area (Å²) in [6, 6.07) is 7.70. The van der Waals surface area contributed by atoms with Crippen LogP contribution in [0.25, 0.3) is 0 Å². The van der Waals surface area contributed by atoms with Crippen LogP contribution in [0.2, 0.25) is 0 Å². The van der Waals surface area contributed by atoms with E-state index in [0.29, 0.717) is 17.5 Å². The Balaban J connectivity index is 0.00000208. The van der Waals surface area contributed by atoms with Crippen LogP contribution < -0.4 is 10.6 Å². The monoisotopic (exact) mass is 351 g/mol. The van der Waals surface area contributed by atoms with Crippen molar-refractivity contribution >= 4 is 29.9 Å². The van der Waals surface area contributed by atoms with Gasteiger partial charge in [0.1, 0.15) is 0 Å². The fourth-order valence-corrected chi connectivity index (χ4v) is 3.13. The average Bonchev–Trinajstić information content (AvgIpc) is 3.27. The zero-order valence-corrected chi connectivity index (χ0v) is 15.2. The molecule has 0 spiro atoms. The first-order valence-electron chi connectivity index (χ1n) is 8.42. The van der Waals surface area contributed by atoms with Crippen molar-refractivity contribution in [3.05, 3.63) is 29.8 Å². The van der Waals surface area contributed by atoms with Gasteiger partial charge >= 0.3 is 0 Å². The molecule has 2 N–H and O–H groups in total. The van der Waals surface area contributed by atoms with Gasteiger partial charge in [0.05, 0.1) is 0 Å². The Labute approximate surface area is 149 Å². The predicted octanol–water partition coefficient (Wildman–Crippen LogP) is 2.53. The number of rotatable bonds is 3. The van der Waals surface area contributed by atoms with Crippen molar-refractivity contribution in [1.29, 1.82) is 0 Å². The van der Waals surface area contributed by atoms with Crippen molar-refractivity contribution < 1.29 is 9.59 Å². The van der Waals surface area contributed by atoms with Gasteiger partial charge in [-0.1, -0.05) is 6.92 Å². The molecule has 1 saturated heterocycles. The van der Waals surface area contributed by atoms with Gasteiger partial charge in [-0.3, -0.25) is 9.59 Å². The summed E-state index contributed by atoms with van der Waals surface area (Å²) < 4.78 is 0. The maximum absolute atomic E-state index is 12.7. The summed E-state index contributed by atoms with van der Waals surface area (Å²) >= 11 is 0. The van der Waals surface area contributed by atoms with Gasteiger partial charge in [0.25, 0.3) is 5.91 Å². The number of amides is 2. The molecule has 1 aliphatic heterocycles. The topological polar surface area (TPSA) is 61.4 Å². The molecule has 0 radical (unpaired) electrons. The number of hydrogen-bond donors (Lipinski definition) is 2. The Morgan fingerprint density at radius 2 is 1.79 bits per heavy atom. The zero-order chi connectivity index (χ0) is 16.6. The number of hydrogen-bond acceptors (Lipinski definition) is 3. The third-order valence-electron chi connectivity index (χ3n) is 5.14. The molecule has 0 aromatic heterocycles. The molecule has 1 saturated carbocycles. The van der Waals surface area contributed by atoms with Crippen LogP contribution in [0.4, 0.5) is 5.69 Å². The number of nitrogens with zero attached hydrogens (tertiary/aromatic N) is 1. The summed E-state index contributed by atoms with van der Waals surface area (Å²) in [5.74, 6) is 0.784. The van der Waals surface area contributed by atoms with Crippen molar-refractivity contribution in [3.8, 4) is 0 Å². The van der Waals surface area contributed by atoms with E-state index in [1.807, 2.05) is 17.0 Å². The highest BCUT2D eigenvalue weighted by Crippen LogP contribution is 2.38. The molecule has 2 amide bonds. The highest BCUT2D eigenvalue weighted by Gasteiger charge is 2.39. The Bertz CT molecular complexity index is 605. The fraction of sp³-hybridized carbons (Fsp3) is 0.556. The Morgan fingerprint density at radius 3 is 2.38 bits per heavy atom. The molecular weight excluding hydrogens is 326 g/mol. The van der Waals surface area contributed by atoms with Gasteiger partial charge in [-0.2, -0.15) is 0 Å². The van der Waals surface area contributed by atoms with Gasteiger partial charge in [0, 0.05) is 42.3 Å². The van der Waals surface area contributed by atoms with E-state index < -0.39 is 0 Å². The van der Waals surface area contributed by atoms with Crippen LogP contribution >= 0.6 is 12.4 Å². The third-order valence-corrected chi connectivity index (χ3v) is 5.14. The molecule has 3 rings (SSSR count). The lowest BCUT2D eigenvalue weighted by Gasteiger charge is -2.38. The smallest absolute Gasteiger partial charge is 0.254 e. The molecule has 4 unspecified atom stereocenters. The number of carbonyl (C=O) groups is 2. The summed E-state index contributed by atoms with van der Waals surface area (Å²) in [6.07, 6.45) is 0.974. The summed E-state index contributed by atoms with van der Waals surface area (Å²) in [6.45, 7) is 7.80. The molecule has 1 aromatic rings. The molecule has 1 aromatic carbocycles. The first-order valence-corrected chi connectivity index (χ1v) is 8.42. The maximum Gasteiger partial charge on any atom is 0.254 e. The summed E-state index contributed by atoms with van der Waals surface area (Å²) in [4.78, 5) is 26.5. The van der Waals surface area contributed by atoms with Gasteiger partial charge in [-0.05, 0) is 50.5 Å². The largest absolute Gasteiger partial charge is 0.333 e. The molecule has 2 aliphatic rings. The van der Waals surface area contributed by atoms with E-state index in [9.17, 15) is 9.59 Å². The minimum Gasteiger partial charge on any atom is -0.333 e. The van der Waals surface area contributed by atoms with E-state index in [-0.39, 0.29) is 36.2 Å². The van der Waals surface area contributed by atoms with E-state index in [2.05, 4.69) is 31.4 Å². The molecule has 6 heteroatoms. The van der Waals surface area contributed by atoms with Crippen molar-refractivity contribution in [1.82, 2.24) is 10.2 Å². The van der Waals surface area contributed by atoms with Crippen LogP contribution in [0.15, 0.2) is 24.3 Å². The molecule has 24 heavy (non-hydrogen) atoms. The number of halogens is 1. The van der Waals surface area contributed by atoms with Crippen LogP contribution in [0.5, 0.6) is 0 Å². The number of piperazine rings is 1. The van der Waals surface area contributed by atoms with Crippen LogP contribution in [0.1, 0.15) is 37.6 Å². The minimum atomic E-state index is 0. The van der Waals surface area contributed by atoms with Crippen LogP contribution in [0.3, 0.4) is 0 Å². The quantitative estimate of drug-likeness (QED) is 0.879. The molecule has 132 valence electrons. The number of benzene rings is 1. The van der Waals surface area contributed by atoms with Crippen LogP contribution in [-0.2, 0) is 4.79 Å². The first-order chi connectivity index (χ1) is 11.0. The van der Waals surface area contributed by atoms with E-state index >= 15 is 0 Å². The van der Waals surface area contributed by atoms with Crippen LogP contribution in [0, 0.1) is 11.8 Å². The normalized spacial score (nSPS) is 28.7. The predicted molar refractivity (Wildman–Crippen MR) is 97.6 cm³/mol. The second-order valence-corrected chi connectivity index (χ2v) is 6.87. The van der Waals surface area contributed by atoms with Gasteiger partial charge in [-0.25, -0.2) is 0 Å². The molecular formula is C18H26ClN3O2. The lowest BCUT2D eigenvalue weighted by atomic mass is 10.1. The Hall–Kier alpha value is -1.59. The van der Waals surface area contributed by atoms with Crippen LogP contribution in [-0.4, -0.2) is 41.9 Å². The highest BCUT2D eigenvalue weighted by atomic mass is 35.5. The highest BCUT2D eigenvalue weighted by molar-refractivity contribution is 5.97. The Morgan fingerprint density at radius 1 is 1.17 bits per heavy atom. The summed E-state index contributed by atoms with van der Waals surface area (Å²) in [5, 5.41) is 6.30. The van der Waals surface area contributed by atoms with Gasteiger partial charge in [0.2, 0.25) is 5.91 Å². The first kappa shape index (κ1) is 18.7. The van der Waals surface area contributed by atoms with Crippen molar-refractivity contribution in [3.63, 3.8) is 0 Å². The lowest BCUT2D eigenvalue weighted by molar-refractivity contribution is -0.117. The second-order valence-electron chi connectivity index (χ2n) is 6.87. The standard InChI is InChI=1S/C18H25N3O2.ClH/c1-11-10-16(11)17(22)20-15-6-4-14(5-7-15)18(23)21-9-8-19-12(2)13(21)3;/h4-7,11-13,16,19H,8-10H2,1-3H3,(H,20,22);1H. The van der Waals surface area contributed by atoms with Crippen molar-refractivity contribution in [2.75, 3.05) is 18.4 Å². The average molecular weight is 352 g/mol. The van der Waals surface area contributed by atoms with Gasteiger partial charge < -0.3 is 15.5 Å². The molecule has 0 bridgehead atoms. The van der Waals surface area contributed by atoms with Gasteiger partial charge in [-0.15, -0.1) is 12.4 Å². The minimum absolute atomic E-state index is 0. The number of carbonyl (C=O) groups excluding carboxylic acids is 2. The fourth-order valence-electron chi connectivity index (χ4n) is 3.13. The van der Waals surface area contributed by atoms with E-state index in [1.54, 1.807) is 12.1 Å². The molecule has 1 aliphatic carbocycles. The number of nitrogens with one attached hydrogen (secondary N) is 2. The molecule has 1 heterocycles. The van der Waals surface area contributed by atoms with E-state index in [4.69, 9.17) is 0 Å². The zero-order valence-electron chi connectivity index (χ0n) is 14.4.